The first-order valence-corrected chi connectivity index (χ1v) is 42.8. The number of nitrogens with one attached hydrogen (secondary N) is 2. The second-order valence-corrected chi connectivity index (χ2v) is 30.8. The van der Waals surface area contributed by atoms with Gasteiger partial charge in [-0.3, -0.25) is 57.5 Å². The maximum absolute atomic E-state index is 15.2. The molecule has 0 aliphatic carbocycles. The minimum atomic E-state index is -3.23. The minimum Gasteiger partial charge on any atom is -0.465 e. The highest BCUT2D eigenvalue weighted by atomic mass is 16.8. The van der Waals surface area contributed by atoms with E-state index in [1.54, 1.807) is 36.4 Å². The van der Waals surface area contributed by atoms with Gasteiger partial charge >= 0.3 is 71.6 Å². The Bertz CT molecular complexity index is 3410. The Morgan fingerprint density at radius 1 is 0.471 bits per heavy atom. The van der Waals surface area contributed by atoms with Crippen molar-refractivity contribution in [3.63, 3.8) is 0 Å². The molecule has 3 heterocycles. The molecule has 121 heavy (non-hydrogen) atoms. The van der Waals surface area contributed by atoms with Crippen LogP contribution in [0.2, 0.25) is 0 Å². The fraction of sp³-hybridized carbons (Fsp3) is 0.747. The van der Waals surface area contributed by atoms with Gasteiger partial charge in [0.15, 0.2) is 49.2 Å². The van der Waals surface area contributed by atoms with E-state index in [1.807, 2.05) is 6.08 Å². The van der Waals surface area contributed by atoms with Gasteiger partial charge in [0.05, 0.1) is 37.8 Å². The van der Waals surface area contributed by atoms with Crippen LogP contribution in [-0.4, -0.2) is 227 Å². The van der Waals surface area contributed by atoms with Gasteiger partial charge in [-0.2, -0.15) is 0 Å². The van der Waals surface area contributed by atoms with Gasteiger partial charge in [-0.25, -0.2) is 9.59 Å². The Hall–Kier alpha value is -8.70. The molecule has 4 rings (SSSR count). The molecule has 1 aromatic carbocycles. The zero-order valence-corrected chi connectivity index (χ0v) is 73.3. The van der Waals surface area contributed by atoms with E-state index < -0.39 is 226 Å². The van der Waals surface area contributed by atoms with Gasteiger partial charge in [0, 0.05) is 82.6 Å². The maximum atomic E-state index is 15.2. The lowest BCUT2D eigenvalue weighted by Crippen LogP contribution is -2.72. The molecule has 34 heteroatoms. The highest BCUT2D eigenvalue weighted by Gasteiger charge is 2.65. The number of ether oxygens (including phenoxy) is 18. The predicted molar refractivity (Wildman–Crippen MR) is 431 cm³/mol. The molecule has 684 valence electrons. The Labute approximate surface area is 711 Å². The summed E-state index contributed by atoms with van der Waals surface area (Å²) in [4.78, 5) is 190. The number of carbonyl (C=O) groups is 14. The Morgan fingerprint density at radius 2 is 0.926 bits per heavy atom. The molecule has 0 spiro atoms. The van der Waals surface area contributed by atoms with Crippen LogP contribution in [0.3, 0.4) is 0 Å². The number of carbonyl (C=O) groups excluding carboxylic acids is 14. The first kappa shape index (κ1) is 105. The molecule has 3 aliphatic heterocycles. The smallest absolute Gasteiger partial charge is 0.366 e. The second-order valence-electron chi connectivity index (χ2n) is 30.8. The average Bonchev–Trinajstić information content (AvgIpc) is 0.742. The van der Waals surface area contributed by atoms with Gasteiger partial charge in [0.2, 0.25) is 11.8 Å². The molecule has 0 bridgehead atoms. The molecule has 3 saturated heterocycles. The van der Waals surface area contributed by atoms with Crippen molar-refractivity contribution in [2.24, 2.45) is 0 Å². The predicted octanol–water partition coefficient (Wildman–Crippen LogP) is 10.8. The molecule has 0 aromatic heterocycles. The summed E-state index contributed by atoms with van der Waals surface area (Å²) < 4.78 is 109. The van der Waals surface area contributed by atoms with Crippen LogP contribution < -0.4 is 10.6 Å². The monoisotopic (exact) mass is 1720 g/mol. The molecule has 34 nitrogen and oxygen atoms in total. The molecule has 2 amide bonds. The van der Waals surface area contributed by atoms with Crippen LogP contribution in [0.4, 0.5) is 0 Å². The highest BCUT2D eigenvalue weighted by Crippen LogP contribution is 2.43. The normalized spacial score (nSPS) is 23.6. The first-order chi connectivity index (χ1) is 57.7. The summed E-state index contributed by atoms with van der Waals surface area (Å²) in [5.74, 6) is -17.5. The third-order valence-electron chi connectivity index (χ3n) is 20.1. The summed E-state index contributed by atoms with van der Waals surface area (Å²) in [6.07, 6.45) is 1.61. The summed E-state index contributed by atoms with van der Waals surface area (Å²) in [5.41, 5.74) is 0.179. The molecular formula is C87H134N2O32. The van der Waals surface area contributed by atoms with E-state index >= 15 is 4.79 Å². The number of benzene rings is 1. The second kappa shape index (κ2) is 57.6. The average molecular weight is 1720 g/mol. The van der Waals surface area contributed by atoms with Crippen LogP contribution in [0.1, 0.15) is 287 Å². The van der Waals surface area contributed by atoms with Gasteiger partial charge in [-0.15, -0.1) is 0 Å². The van der Waals surface area contributed by atoms with Crippen molar-refractivity contribution in [3.05, 3.63) is 48.0 Å². The van der Waals surface area contributed by atoms with Gasteiger partial charge in [-0.1, -0.05) is 192 Å². The van der Waals surface area contributed by atoms with E-state index in [1.165, 1.54) is 96.3 Å². The number of unbranched alkanes of at least 4 members (excludes halogenated alkanes) is 25. The zero-order chi connectivity index (χ0) is 89.4. The molecule has 0 unspecified atom stereocenters. The molecule has 18 atom stereocenters. The summed E-state index contributed by atoms with van der Waals surface area (Å²) in [6.45, 7) is 11.6. The number of hydrogen-bond acceptors (Lipinski definition) is 32. The lowest BCUT2D eigenvalue weighted by atomic mass is 9.87. The van der Waals surface area contributed by atoms with Crippen molar-refractivity contribution < 1.29 is 152 Å². The topological polar surface area (TPSA) is 429 Å². The fourth-order valence-electron chi connectivity index (χ4n) is 14.7. The molecule has 3 fully saturated rings. The van der Waals surface area contributed by atoms with Crippen molar-refractivity contribution in [2.75, 3.05) is 33.5 Å². The largest absolute Gasteiger partial charge is 0.465 e. The van der Waals surface area contributed by atoms with Gasteiger partial charge in [-0.05, 0) is 37.5 Å². The van der Waals surface area contributed by atoms with Crippen molar-refractivity contribution in [2.45, 2.75) is 386 Å². The third kappa shape index (κ3) is 40.0. The number of esters is 12. The summed E-state index contributed by atoms with van der Waals surface area (Å²) in [7, 11) is 0.832. The van der Waals surface area contributed by atoms with Crippen molar-refractivity contribution in [3.8, 4) is 0 Å². The van der Waals surface area contributed by atoms with Crippen LogP contribution in [-0.2, 0) is 148 Å². The third-order valence-corrected chi connectivity index (χ3v) is 20.1. The van der Waals surface area contributed by atoms with Crippen LogP contribution in [0.15, 0.2) is 42.5 Å². The van der Waals surface area contributed by atoms with Crippen LogP contribution in [0.25, 0.3) is 0 Å². The Morgan fingerprint density at radius 3 is 1.40 bits per heavy atom. The van der Waals surface area contributed by atoms with Crippen LogP contribution in [0, 0.1) is 0 Å². The number of allylic oxidation sites excluding steroid dienone is 1. The molecule has 3 aliphatic rings. The number of hydrogen-bond donors (Lipinski definition) is 2. The van der Waals surface area contributed by atoms with E-state index in [-0.39, 0.29) is 12.0 Å². The van der Waals surface area contributed by atoms with E-state index in [0.29, 0.717) is 12.8 Å². The quantitative estimate of drug-likeness (QED) is 0.0265. The summed E-state index contributed by atoms with van der Waals surface area (Å²) in [5, 5.41) is 5.57. The van der Waals surface area contributed by atoms with E-state index in [0.717, 1.165) is 147 Å². The van der Waals surface area contributed by atoms with E-state index in [4.69, 9.17) is 85.3 Å². The van der Waals surface area contributed by atoms with E-state index in [9.17, 15) is 62.3 Å². The first-order valence-electron chi connectivity index (χ1n) is 42.8. The van der Waals surface area contributed by atoms with Gasteiger partial charge in [0.25, 0.3) is 5.79 Å². The fourth-order valence-corrected chi connectivity index (χ4v) is 14.7. The highest BCUT2D eigenvalue weighted by molar-refractivity contribution is 5.89. The maximum Gasteiger partial charge on any atom is 0.366 e. The minimum absolute atomic E-state index is 0.0517. The van der Waals surface area contributed by atoms with Crippen LogP contribution >= 0.6 is 0 Å². The Balaban J connectivity index is 1.95. The molecule has 2 N–H and O–H groups in total. The molecule has 0 radical (unpaired) electrons. The zero-order valence-electron chi connectivity index (χ0n) is 73.3. The number of methoxy groups -OCH3 is 1. The lowest BCUT2D eigenvalue weighted by molar-refractivity contribution is -0.387. The lowest BCUT2D eigenvalue weighted by Gasteiger charge is -2.52. The van der Waals surface area contributed by atoms with E-state index in [2.05, 4.69) is 24.5 Å². The molecule has 0 saturated carbocycles. The number of amides is 2. The molecular weight excluding hydrogens is 1580 g/mol. The SMILES string of the molecule is CCCCCCCCCCCCC/C=C/[C@@H](OC(=O)c1ccccc1)[C@H](CO[C@@H]1O[C@H](COC(C)=O)[C@@H](O[C@@H]2O[C@H](COC(C)=O)[C@H](OC(C)=O)[C@H](O[C@]3(C(=O)OC)C[C@H](OC(C)=O)[C@@H](NC(C)=O)[C@H]([C@H](OC(C)=O)[C@@H](COC(C)=O)OC(C)=O)O3)[C@H]2OC(C)=O)[C@H](OC(C)=O)[C@H]1OC(C)=O)NC(=O)CCCCCCCCCCCCCCCCC. The standard InChI is InChI=1S/C87H134N2O32/c1-15-17-19-21-23-25-27-29-30-32-34-36-38-40-45-49-73(101)89-67(68(116-83(102)66-46-42-41-43-47-66)48-44-39-37-35-33-31-28-26-24-22-20-18-16-2)51-108-84-81(114-64(12)99)79(113-63(11)98)76(71(117-84)53-106-57(5)92)119-85-82(115-65(13)100)80(77(112-62(10)97)72(118-85)54-107-58(6)93)121-87(86(103)104-14)50-69(109-59(7)94)74(88-55(3)90)78(120-87)75(111-61(9)96)70(110-60(8)95)52-105-56(4)91/h41-44,46-48,67-72,74-82,84-85H,15-40,45,49-54H2,1-14H3,(H,88,90)(H,89,101)/b48-44+/t67-,68+,69-,70+,71+,72+,74+,75+,76+,77-,78+,79-,80-,81+,82+,84+,85-,87-/m0/s1. The van der Waals surface area contributed by atoms with Crippen LogP contribution in [0.5, 0.6) is 0 Å². The molecule has 1 aromatic rings. The van der Waals surface area contributed by atoms with Gasteiger partial charge < -0.3 is 95.9 Å². The summed E-state index contributed by atoms with van der Waals surface area (Å²) >= 11 is 0. The summed E-state index contributed by atoms with van der Waals surface area (Å²) in [6, 6.07) is 5.11. The van der Waals surface area contributed by atoms with Crippen molar-refractivity contribution in [1.29, 1.82) is 0 Å². The van der Waals surface area contributed by atoms with Crippen molar-refractivity contribution in [1.82, 2.24) is 10.6 Å². The van der Waals surface area contributed by atoms with Crippen molar-refractivity contribution >= 4 is 83.4 Å². The Kier molecular flexibility index (Phi) is 49.8. The van der Waals surface area contributed by atoms with Gasteiger partial charge in [0.1, 0.15) is 62.5 Å². The number of rotatable bonds is 57.